The fraction of sp³-hybridized carbons (Fsp3) is 0.308. The van der Waals surface area contributed by atoms with Crippen molar-refractivity contribution >= 4 is 28.1 Å². The molecule has 0 aliphatic rings. The van der Waals surface area contributed by atoms with Gasteiger partial charge in [-0.2, -0.15) is 13.2 Å². The van der Waals surface area contributed by atoms with E-state index in [1.807, 2.05) is 49.4 Å². The highest BCUT2D eigenvalue weighted by Gasteiger charge is 2.26. The highest BCUT2D eigenvalue weighted by molar-refractivity contribution is 7.15. The zero-order valence-corrected chi connectivity index (χ0v) is 21.0. The molecule has 2 heterocycles. The van der Waals surface area contributed by atoms with Gasteiger partial charge in [-0.25, -0.2) is 9.97 Å². The SMILES string of the molecule is COc1cc2nc(C)nc(NCCc3ccc(-c4ccccc4CNCC(F)(F)F)s3)c2cc1OC. The van der Waals surface area contributed by atoms with Crippen molar-refractivity contribution in [2.45, 2.75) is 26.1 Å². The summed E-state index contributed by atoms with van der Waals surface area (Å²) in [7, 11) is 3.17. The van der Waals surface area contributed by atoms with Gasteiger partial charge in [0.05, 0.1) is 26.3 Å². The fourth-order valence-electron chi connectivity index (χ4n) is 3.92. The number of methoxy groups -OCH3 is 2. The van der Waals surface area contributed by atoms with Gasteiger partial charge in [0.1, 0.15) is 11.6 Å². The van der Waals surface area contributed by atoms with Crippen LogP contribution in [0.2, 0.25) is 0 Å². The van der Waals surface area contributed by atoms with Gasteiger partial charge >= 0.3 is 6.18 Å². The molecule has 0 bridgehead atoms. The Morgan fingerprint density at radius 3 is 2.47 bits per heavy atom. The maximum Gasteiger partial charge on any atom is 0.401 e. The molecule has 0 spiro atoms. The summed E-state index contributed by atoms with van der Waals surface area (Å²) < 4.78 is 48.4. The van der Waals surface area contributed by atoms with Gasteiger partial charge in [-0.1, -0.05) is 24.3 Å². The van der Waals surface area contributed by atoms with Crippen molar-refractivity contribution in [1.82, 2.24) is 15.3 Å². The molecule has 4 aromatic rings. The molecule has 0 unspecified atom stereocenters. The second-order valence-electron chi connectivity index (χ2n) is 8.16. The predicted octanol–water partition coefficient (Wildman–Crippen LogP) is 5.99. The van der Waals surface area contributed by atoms with E-state index in [2.05, 4.69) is 26.7 Å². The summed E-state index contributed by atoms with van der Waals surface area (Å²) in [4.78, 5) is 11.3. The van der Waals surface area contributed by atoms with Gasteiger partial charge in [0, 0.05) is 34.3 Å². The van der Waals surface area contributed by atoms with Crippen LogP contribution in [0.25, 0.3) is 21.3 Å². The number of fused-ring (bicyclic) bond motifs is 1. The van der Waals surface area contributed by atoms with Crippen molar-refractivity contribution in [2.24, 2.45) is 0 Å². The lowest BCUT2D eigenvalue weighted by Crippen LogP contribution is -2.28. The molecular weight excluding hydrogens is 489 g/mol. The monoisotopic (exact) mass is 516 g/mol. The quantitative estimate of drug-likeness (QED) is 0.270. The van der Waals surface area contributed by atoms with E-state index in [9.17, 15) is 13.2 Å². The summed E-state index contributed by atoms with van der Waals surface area (Å²) in [5.41, 5.74) is 2.53. The van der Waals surface area contributed by atoms with Crippen LogP contribution in [0.15, 0.2) is 48.5 Å². The van der Waals surface area contributed by atoms with Gasteiger partial charge < -0.3 is 20.1 Å². The molecular formula is C26H27F3N4O2S. The van der Waals surface area contributed by atoms with E-state index in [0.29, 0.717) is 23.9 Å². The number of aromatic nitrogens is 2. The maximum absolute atomic E-state index is 12.5. The largest absolute Gasteiger partial charge is 0.493 e. The van der Waals surface area contributed by atoms with Gasteiger partial charge in [0.2, 0.25) is 0 Å². The first-order valence-electron chi connectivity index (χ1n) is 11.4. The molecule has 4 rings (SSSR count). The van der Waals surface area contributed by atoms with Crippen molar-refractivity contribution in [2.75, 3.05) is 32.6 Å². The number of benzene rings is 2. The van der Waals surface area contributed by atoms with Crippen LogP contribution in [0, 0.1) is 6.92 Å². The smallest absolute Gasteiger partial charge is 0.401 e. The summed E-state index contributed by atoms with van der Waals surface area (Å²) >= 11 is 1.63. The molecule has 0 radical (unpaired) electrons. The highest BCUT2D eigenvalue weighted by Crippen LogP contribution is 2.34. The van der Waals surface area contributed by atoms with Crippen LogP contribution in [0.3, 0.4) is 0 Å². The van der Waals surface area contributed by atoms with Crippen molar-refractivity contribution in [3.63, 3.8) is 0 Å². The number of thiophene rings is 1. The number of hydrogen-bond donors (Lipinski definition) is 2. The molecule has 2 aromatic carbocycles. The molecule has 10 heteroatoms. The first kappa shape index (κ1) is 25.7. The standard InChI is InChI=1S/C26H27F3N4O2S/c1-16-32-21-13-23(35-3)22(34-2)12-20(21)25(33-16)31-11-10-18-8-9-24(36-18)19-7-5-4-6-17(19)14-30-15-26(27,28)29/h4-9,12-13,30H,10-11,14-15H2,1-3H3,(H,31,32,33). The van der Waals surface area contributed by atoms with E-state index in [0.717, 1.165) is 44.0 Å². The molecule has 2 aromatic heterocycles. The summed E-state index contributed by atoms with van der Waals surface area (Å²) in [6, 6.07) is 15.3. The number of aryl methyl sites for hydroxylation is 1. The molecule has 0 fully saturated rings. The van der Waals surface area contributed by atoms with Crippen molar-refractivity contribution in [1.29, 1.82) is 0 Å². The van der Waals surface area contributed by atoms with Gasteiger partial charge in [-0.05, 0) is 42.7 Å². The average Bonchev–Trinajstić information content (AvgIpc) is 3.31. The lowest BCUT2D eigenvalue weighted by atomic mass is 10.1. The molecule has 2 N–H and O–H groups in total. The van der Waals surface area contributed by atoms with Gasteiger partial charge in [0.25, 0.3) is 0 Å². The van der Waals surface area contributed by atoms with E-state index < -0.39 is 12.7 Å². The van der Waals surface area contributed by atoms with Crippen molar-refractivity contribution in [3.05, 3.63) is 64.8 Å². The minimum Gasteiger partial charge on any atom is -0.493 e. The number of rotatable bonds is 10. The van der Waals surface area contributed by atoms with E-state index in [4.69, 9.17) is 9.47 Å². The van der Waals surface area contributed by atoms with Crippen LogP contribution < -0.4 is 20.1 Å². The molecule has 0 amide bonds. The predicted molar refractivity (Wildman–Crippen MR) is 137 cm³/mol. The summed E-state index contributed by atoms with van der Waals surface area (Å²) in [5.74, 6) is 2.57. The zero-order valence-electron chi connectivity index (χ0n) is 20.2. The van der Waals surface area contributed by atoms with E-state index in [1.54, 1.807) is 25.6 Å². The molecule has 6 nitrogen and oxygen atoms in total. The van der Waals surface area contributed by atoms with Gasteiger partial charge in [-0.15, -0.1) is 11.3 Å². The molecule has 36 heavy (non-hydrogen) atoms. The molecule has 190 valence electrons. The molecule has 0 atom stereocenters. The Bertz CT molecular complexity index is 1340. The number of hydrogen-bond acceptors (Lipinski definition) is 7. The van der Waals surface area contributed by atoms with Gasteiger partial charge in [0.15, 0.2) is 11.5 Å². The topological polar surface area (TPSA) is 68.3 Å². The second-order valence-corrected chi connectivity index (χ2v) is 9.33. The third-order valence-corrected chi connectivity index (χ3v) is 6.74. The number of alkyl halides is 3. The Hall–Kier alpha value is -3.37. The summed E-state index contributed by atoms with van der Waals surface area (Å²) in [6.07, 6.45) is -3.47. The third kappa shape index (κ3) is 6.24. The summed E-state index contributed by atoms with van der Waals surface area (Å²) in [5, 5.41) is 6.74. The first-order chi connectivity index (χ1) is 17.3. The number of nitrogens with zero attached hydrogens (tertiary/aromatic N) is 2. The van der Waals surface area contributed by atoms with Crippen LogP contribution in [-0.4, -0.2) is 43.5 Å². The average molecular weight is 517 g/mol. The number of ether oxygens (including phenoxy) is 2. The second kappa shape index (κ2) is 11.1. The molecule has 0 saturated carbocycles. The lowest BCUT2D eigenvalue weighted by Gasteiger charge is -2.13. The Labute approximate surface area is 211 Å². The minimum absolute atomic E-state index is 0.152. The highest BCUT2D eigenvalue weighted by atomic mass is 32.1. The number of anilines is 1. The van der Waals surface area contributed by atoms with Crippen molar-refractivity contribution in [3.8, 4) is 21.9 Å². The zero-order chi connectivity index (χ0) is 25.7. The molecule has 0 saturated heterocycles. The van der Waals surface area contributed by atoms with Crippen LogP contribution in [-0.2, 0) is 13.0 Å². The fourth-order valence-corrected chi connectivity index (χ4v) is 4.99. The minimum atomic E-state index is -4.23. The lowest BCUT2D eigenvalue weighted by molar-refractivity contribution is -0.125. The molecule has 0 aliphatic heterocycles. The van der Waals surface area contributed by atoms with E-state index in [1.165, 1.54) is 0 Å². The van der Waals surface area contributed by atoms with Crippen molar-refractivity contribution < 1.29 is 22.6 Å². The Morgan fingerprint density at radius 2 is 1.72 bits per heavy atom. The van der Waals surface area contributed by atoms with Crippen LogP contribution in [0.4, 0.5) is 19.0 Å². The number of halogens is 3. The van der Waals surface area contributed by atoms with Crippen LogP contribution in [0.5, 0.6) is 11.5 Å². The third-order valence-electron chi connectivity index (χ3n) is 5.56. The Morgan fingerprint density at radius 1 is 0.972 bits per heavy atom. The van der Waals surface area contributed by atoms with Crippen LogP contribution in [0.1, 0.15) is 16.3 Å². The molecule has 0 aliphatic carbocycles. The normalized spacial score (nSPS) is 11.6. The van der Waals surface area contributed by atoms with E-state index >= 15 is 0 Å². The Balaban J connectivity index is 1.45. The maximum atomic E-state index is 12.5. The van der Waals surface area contributed by atoms with Gasteiger partial charge in [-0.3, -0.25) is 0 Å². The van der Waals surface area contributed by atoms with Crippen LogP contribution >= 0.6 is 11.3 Å². The number of nitrogens with one attached hydrogen (secondary N) is 2. The Kier molecular flexibility index (Phi) is 7.95. The van der Waals surface area contributed by atoms with E-state index in [-0.39, 0.29) is 6.54 Å². The summed E-state index contributed by atoms with van der Waals surface area (Å²) in [6.45, 7) is 1.62. The first-order valence-corrected chi connectivity index (χ1v) is 12.2.